The van der Waals surface area contributed by atoms with Crippen molar-refractivity contribution in [3.63, 3.8) is 0 Å². The van der Waals surface area contributed by atoms with Crippen LogP contribution in [0.1, 0.15) is 17.2 Å². The maximum Gasteiger partial charge on any atom is 0.102 e. The predicted molar refractivity (Wildman–Crippen MR) is 70.9 cm³/mol. The lowest BCUT2D eigenvalue weighted by Crippen LogP contribution is -2.21. The zero-order valence-corrected chi connectivity index (χ0v) is 11.2. The van der Waals surface area contributed by atoms with Gasteiger partial charge >= 0.3 is 0 Å². The summed E-state index contributed by atoms with van der Waals surface area (Å²) in [6.07, 6.45) is -0.783. The molecule has 0 fully saturated rings. The first-order chi connectivity index (χ1) is 7.36. The van der Waals surface area contributed by atoms with Crippen LogP contribution in [0.2, 0.25) is 19.6 Å². The smallest absolute Gasteiger partial charge is 0.102 e. The SMILES string of the molecule is C=C(c1ccc([C@H](O)CO)cc1)[Si](C)(C)C. The monoisotopic (exact) mass is 236 g/mol. The molecule has 2 N–H and O–H groups in total. The number of hydrogen-bond donors (Lipinski definition) is 2. The normalized spacial score (nSPS) is 13.6. The van der Waals surface area contributed by atoms with E-state index >= 15 is 0 Å². The second-order valence-electron chi connectivity index (χ2n) is 5.05. The van der Waals surface area contributed by atoms with Crippen LogP contribution < -0.4 is 0 Å². The Balaban J connectivity index is 2.91. The Hall–Kier alpha value is -0.903. The molecule has 1 atom stereocenters. The molecule has 0 unspecified atom stereocenters. The summed E-state index contributed by atoms with van der Waals surface area (Å²) in [6, 6.07) is 7.63. The van der Waals surface area contributed by atoms with Crippen molar-refractivity contribution in [1.82, 2.24) is 0 Å². The molecule has 0 aliphatic heterocycles. The molecule has 88 valence electrons. The summed E-state index contributed by atoms with van der Waals surface area (Å²) in [4.78, 5) is 0. The Bertz CT molecular complexity index is 363. The molecule has 1 rings (SSSR count). The van der Waals surface area contributed by atoms with Gasteiger partial charge in [-0.1, -0.05) is 55.7 Å². The molecule has 0 heterocycles. The standard InChI is InChI=1S/C13H20O2Si/c1-10(16(2,3)4)11-5-7-12(8-6-11)13(15)9-14/h5-8,13-15H,1,9H2,2-4H3/t13-/m1/s1. The second-order valence-corrected chi connectivity index (χ2v) is 10.2. The summed E-state index contributed by atoms with van der Waals surface area (Å²) >= 11 is 0. The summed E-state index contributed by atoms with van der Waals surface area (Å²) in [5.74, 6) is 0. The third-order valence-corrected chi connectivity index (χ3v) is 4.82. The Morgan fingerprint density at radius 2 is 1.75 bits per heavy atom. The Labute approximate surface area is 98.3 Å². The van der Waals surface area contributed by atoms with Crippen molar-refractivity contribution in [1.29, 1.82) is 0 Å². The fourth-order valence-electron chi connectivity index (χ4n) is 1.44. The molecule has 0 bridgehead atoms. The zero-order chi connectivity index (χ0) is 12.3. The average molecular weight is 236 g/mol. The van der Waals surface area contributed by atoms with Crippen LogP contribution in [0.3, 0.4) is 0 Å². The average Bonchev–Trinajstić information content (AvgIpc) is 2.26. The summed E-state index contributed by atoms with van der Waals surface area (Å²) in [7, 11) is -1.36. The fourth-order valence-corrected chi connectivity index (χ4v) is 2.48. The highest BCUT2D eigenvalue weighted by Crippen LogP contribution is 2.25. The van der Waals surface area contributed by atoms with Gasteiger partial charge in [0.25, 0.3) is 0 Å². The van der Waals surface area contributed by atoms with Gasteiger partial charge in [-0.3, -0.25) is 0 Å². The van der Waals surface area contributed by atoms with Gasteiger partial charge in [0.2, 0.25) is 0 Å². The van der Waals surface area contributed by atoms with Crippen molar-refractivity contribution in [2.24, 2.45) is 0 Å². The minimum atomic E-state index is -1.36. The maximum atomic E-state index is 9.45. The predicted octanol–water partition coefficient (Wildman–Crippen LogP) is 2.60. The number of rotatable bonds is 4. The largest absolute Gasteiger partial charge is 0.393 e. The van der Waals surface area contributed by atoms with Gasteiger partial charge in [0.1, 0.15) is 6.10 Å². The van der Waals surface area contributed by atoms with Crippen molar-refractivity contribution in [2.45, 2.75) is 25.7 Å². The molecule has 3 heteroatoms. The quantitative estimate of drug-likeness (QED) is 0.789. The first-order valence-corrected chi connectivity index (χ1v) is 8.95. The molecule has 1 aromatic carbocycles. The van der Waals surface area contributed by atoms with E-state index in [1.807, 2.05) is 24.3 Å². The molecule has 0 amide bonds. The van der Waals surface area contributed by atoms with Gasteiger partial charge in [-0.25, -0.2) is 0 Å². The third kappa shape index (κ3) is 3.04. The summed E-state index contributed by atoms with van der Waals surface area (Å²) in [5, 5.41) is 19.5. The molecule has 2 nitrogen and oxygen atoms in total. The number of aliphatic hydroxyl groups is 2. The molecule has 0 aromatic heterocycles. The summed E-state index contributed by atoms with van der Waals surface area (Å²) < 4.78 is 0. The zero-order valence-electron chi connectivity index (χ0n) is 10.2. The lowest BCUT2D eigenvalue weighted by Gasteiger charge is -2.20. The lowest BCUT2D eigenvalue weighted by molar-refractivity contribution is 0.0956. The molecule has 0 aliphatic carbocycles. The molecule has 0 saturated carbocycles. The molecule has 0 saturated heterocycles. The molecule has 1 aromatic rings. The fraction of sp³-hybridized carbons (Fsp3) is 0.385. The van der Waals surface area contributed by atoms with E-state index in [1.54, 1.807) is 0 Å². The van der Waals surface area contributed by atoms with Crippen LogP contribution in [-0.2, 0) is 0 Å². The van der Waals surface area contributed by atoms with Crippen LogP contribution in [0, 0.1) is 0 Å². The van der Waals surface area contributed by atoms with Gasteiger partial charge in [-0.15, -0.1) is 0 Å². The number of hydrogen-bond acceptors (Lipinski definition) is 2. The van der Waals surface area contributed by atoms with E-state index in [2.05, 4.69) is 26.2 Å². The first kappa shape index (κ1) is 13.2. The van der Waals surface area contributed by atoms with Crippen LogP contribution in [0.15, 0.2) is 30.8 Å². The van der Waals surface area contributed by atoms with Crippen LogP contribution in [0.4, 0.5) is 0 Å². The van der Waals surface area contributed by atoms with Gasteiger partial charge in [0.15, 0.2) is 0 Å². The lowest BCUT2D eigenvalue weighted by atomic mass is 10.1. The Morgan fingerprint density at radius 1 is 1.25 bits per heavy atom. The van der Waals surface area contributed by atoms with Gasteiger partial charge in [0.05, 0.1) is 14.7 Å². The van der Waals surface area contributed by atoms with Crippen LogP contribution in [0.5, 0.6) is 0 Å². The van der Waals surface area contributed by atoms with Gasteiger partial charge in [-0.2, -0.15) is 0 Å². The first-order valence-electron chi connectivity index (χ1n) is 5.45. The third-order valence-electron chi connectivity index (χ3n) is 2.72. The highest BCUT2D eigenvalue weighted by Gasteiger charge is 2.19. The van der Waals surface area contributed by atoms with Gasteiger partial charge in [0, 0.05) is 0 Å². The summed E-state index contributed by atoms with van der Waals surface area (Å²) in [5.41, 5.74) is 1.88. The molecular formula is C13H20O2Si. The van der Waals surface area contributed by atoms with Crippen LogP contribution >= 0.6 is 0 Å². The highest BCUT2D eigenvalue weighted by molar-refractivity contribution is 6.93. The van der Waals surface area contributed by atoms with E-state index < -0.39 is 14.2 Å². The van der Waals surface area contributed by atoms with Crippen molar-refractivity contribution < 1.29 is 10.2 Å². The Kier molecular flexibility index (Phi) is 4.07. The highest BCUT2D eigenvalue weighted by atomic mass is 28.3. The van der Waals surface area contributed by atoms with Crippen LogP contribution in [0.25, 0.3) is 5.20 Å². The summed E-state index contributed by atoms with van der Waals surface area (Å²) in [6.45, 7) is 10.7. The molecule has 16 heavy (non-hydrogen) atoms. The van der Waals surface area contributed by atoms with E-state index in [1.165, 1.54) is 5.20 Å². The Morgan fingerprint density at radius 3 is 2.12 bits per heavy atom. The van der Waals surface area contributed by atoms with E-state index in [0.717, 1.165) is 11.1 Å². The van der Waals surface area contributed by atoms with Crippen molar-refractivity contribution in [3.8, 4) is 0 Å². The minimum Gasteiger partial charge on any atom is -0.393 e. The van der Waals surface area contributed by atoms with Crippen molar-refractivity contribution in [2.75, 3.05) is 6.61 Å². The van der Waals surface area contributed by atoms with Gasteiger partial charge < -0.3 is 10.2 Å². The minimum absolute atomic E-state index is 0.242. The van der Waals surface area contributed by atoms with E-state index in [-0.39, 0.29) is 6.61 Å². The van der Waals surface area contributed by atoms with E-state index in [4.69, 9.17) is 5.11 Å². The molecular weight excluding hydrogens is 216 g/mol. The molecule has 0 radical (unpaired) electrons. The maximum absolute atomic E-state index is 9.45. The van der Waals surface area contributed by atoms with E-state index in [9.17, 15) is 5.11 Å². The second kappa shape index (κ2) is 4.95. The molecule has 0 aliphatic rings. The van der Waals surface area contributed by atoms with Crippen LogP contribution in [-0.4, -0.2) is 24.9 Å². The molecule has 0 spiro atoms. The van der Waals surface area contributed by atoms with Crippen molar-refractivity contribution in [3.05, 3.63) is 42.0 Å². The van der Waals surface area contributed by atoms with Crippen molar-refractivity contribution >= 4 is 13.3 Å². The number of aliphatic hydroxyl groups excluding tert-OH is 2. The van der Waals surface area contributed by atoms with Gasteiger partial charge in [-0.05, 0) is 11.1 Å². The van der Waals surface area contributed by atoms with E-state index in [0.29, 0.717) is 0 Å². The number of benzene rings is 1. The topological polar surface area (TPSA) is 40.5 Å².